The van der Waals surface area contributed by atoms with Crippen LogP contribution in [0.15, 0.2) is 42.6 Å². The summed E-state index contributed by atoms with van der Waals surface area (Å²) in [6, 6.07) is 8.80. The summed E-state index contributed by atoms with van der Waals surface area (Å²) in [7, 11) is 2.50. The van der Waals surface area contributed by atoms with E-state index < -0.39 is 35.8 Å². The normalized spacial score (nSPS) is 12.2. The lowest BCUT2D eigenvalue weighted by Crippen LogP contribution is -2.44. The van der Waals surface area contributed by atoms with Crippen molar-refractivity contribution < 1.29 is 28.7 Å². The Kier molecular flexibility index (Phi) is 10.9. The number of amides is 2. The van der Waals surface area contributed by atoms with E-state index in [9.17, 15) is 19.2 Å². The van der Waals surface area contributed by atoms with Crippen LogP contribution in [-0.2, 0) is 19.1 Å². The number of hydrogen-bond acceptors (Lipinski definition) is 9. The number of aromatic nitrogens is 1. The van der Waals surface area contributed by atoms with Gasteiger partial charge >= 0.3 is 11.9 Å². The van der Waals surface area contributed by atoms with Crippen molar-refractivity contribution in [1.82, 2.24) is 15.6 Å². The van der Waals surface area contributed by atoms with E-state index in [4.69, 9.17) is 9.47 Å². The monoisotopic (exact) mass is 505 g/mol. The maximum Gasteiger partial charge on any atom is 0.329 e. The first-order valence-electron chi connectivity index (χ1n) is 10.2. The number of rotatable bonds is 11. The number of pyridine rings is 1. The number of ether oxygens (including phenoxy) is 2. The molecule has 1 heterocycles. The van der Waals surface area contributed by atoms with Gasteiger partial charge in [0.2, 0.25) is 0 Å². The molecular formula is C23H27N3O6S2. The van der Waals surface area contributed by atoms with Crippen molar-refractivity contribution in [3.63, 3.8) is 0 Å². The van der Waals surface area contributed by atoms with Crippen LogP contribution < -0.4 is 10.6 Å². The average Bonchev–Trinajstić information content (AvgIpc) is 2.87. The molecule has 2 N–H and O–H groups in total. The summed E-state index contributed by atoms with van der Waals surface area (Å²) in [6.45, 7) is 0. The molecule has 2 atom stereocenters. The molecule has 182 valence electrons. The van der Waals surface area contributed by atoms with E-state index in [1.54, 1.807) is 30.5 Å². The van der Waals surface area contributed by atoms with Crippen LogP contribution in [0.2, 0.25) is 0 Å². The standard InChI is InChI=1S/C23H27N3O6S2/c1-31-22(29)18(12-33-3)25-20(27)16-11-24-17(10-15(16)14-8-6-5-7-9-14)21(28)26-19(13-34-4)23(30)32-2/h5-11,18-19H,12-13H2,1-4H3,(H,25,27)(H,26,28). The number of hydrogen-bond donors (Lipinski definition) is 2. The molecule has 11 heteroatoms. The van der Waals surface area contributed by atoms with Gasteiger partial charge in [0.05, 0.1) is 19.8 Å². The molecule has 0 radical (unpaired) electrons. The van der Waals surface area contributed by atoms with Crippen LogP contribution in [0.4, 0.5) is 0 Å². The van der Waals surface area contributed by atoms with Gasteiger partial charge in [0.25, 0.3) is 11.8 Å². The highest BCUT2D eigenvalue weighted by Gasteiger charge is 2.26. The molecule has 2 amide bonds. The van der Waals surface area contributed by atoms with E-state index in [2.05, 4.69) is 15.6 Å². The zero-order valence-corrected chi connectivity index (χ0v) is 21.0. The Bertz CT molecular complexity index is 1020. The second-order valence-corrected chi connectivity index (χ2v) is 8.81. The first-order chi connectivity index (χ1) is 16.4. The van der Waals surface area contributed by atoms with E-state index in [0.29, 0.717) is 22.6 Å². The predicted octanol–water partition coefficient (Wildman–Crippen LogP) is 2.02. The number of carbonyl (C=O) groups excluding carboxylic acids is 4. The molecule has 0 fully saturated rings. The SMILES string of the molecule is COC(=O)C(CSC)NC(=O)c1cc(-c2ccccc2)c(C(=O)NC(CSC)C(=O)OC)cn1. The molecule has 2 aromatic rings. The highest BCUT2D eigenvalue weighted by molar-refractivity contribution is 7.98. The van der Waals surface area contributed by atoms with Gasteiger partial charge < -0.3 is 20.1 Å². The van der Waals surface area contributed by atoms with Gasteiger partial charge in [-0.1, -0.05) is 30.3 Å². The zero-order chi connectivity index (χ0) is 25.1. The molecule has 1 aromatic carbocycles. The Balaban J connectivity index is 2.42. The Labute approximate surface area is 206 Å². The van der Waals surface area contributed by atoms with Gasteiger partial charge in [-0.3, -0.25) is 14.6 Å². The maximum atomic E-state index is 13.1. The van der Waals surface area contributed by atoms with Crippen molar-refractivity contribution >= 4 is 47.3 Å². The number of carbonyl (C=O) groups is 4. The molecule has 0 aliphatic rings. The lowest BCUT2D eigenvalue weighted by molar-refractivity contribution is -0.143. The lowest BCUT2D eigenvalue weighted by Gasteiger charge is -2.18. The van der Waals surface area contributed by atoms with Crippen LogP contribution in [0.5, 0.6) is 0 Å². The molecule has 0 bridgehead atoms. The first-order valence-corrected chi connectivity index (χ1v) is 13.0. The Hall–Kier alpha value is -3.05. The number of thioether (sulfide) groups is 2. The number of benzene rings is 1. The summed E-state index contributed by atoms with van der Waals surface area (Å²) >= 11 is 2.77. The number of nitrogens with zero attached hydrogens (tertiary/aromatic N) is 1. The third kappa shape index (κ3) is 7.22. The molecule has 0 saturated carbocycles. The third-order valence-electron chi connectivity index (χ3n) is 4.71. The summed E-state index contributed by atoms with van der Waals surface area (Å²) in [6.07, 6.45) is 4.90. The average molecular weight is 506 g/mol. The minimum atomic E-state index is -0.843. The molecule has 0 aliphatic heterocycles. The molecular weight excluding hydrogens is 478 g/mol. The van der Waals surface area contributed by atoms with Crippen LogP contribution in [0.3, 0.4) is 0 Å². The van der Waals surface area contributed by atoms with Gasteiger partial charge in [0, 0.05) is 17.7 Å². The highest BCUT2D eigenvalue weighted by Crippen LogP contribution is 2.24. The predicted molar refractivity (Wildman–Crippen MR) is 133 cm³/mol. The van der Waals surface area contributed by atoms with Gasteiger partial charge in [-0.25, -0.2) is 9.59 Å². The van der Waals surface area contributed by atoms with E-state index in [0.717, 1.165) is 0 Å². The van der Waals surface area contributed by atoms with Gasteiger partial charge in [-0.15, -0.1) is 0 Å². The lowest BCUT2D eigenvalue weighted by atomic mass is 9.99. The number of nitrogens with one attached hydrogen (secondary N) is 2. The molecule has 34 heavy (non-hydrogen) atoms. The Morgan fingerprint density at radius 2 is 1.41 bits per heavy atom. The summed E-state index contributed by atoms with van der Waals surface area (Å²) in [5.74, 6) is -1.58. The third-order valence-corrected chi connectivity index (χ3v) is 6.05. The Morgan fingerprint density at radius 3 is 1.91 bits per heavy atom. The van der Waals surface area contributed by atoms with Crippen molar-refractivity contribution in [2.24, 2.45) is 0 Å². The van der Waals surface area contributed by atoms with Crippen molar-refractivity contribution in [2.75, 3.05) is 38.2 Å². The quantitative estimate of drug-likeness (QED) is 0.441. The van der Waals surface area contributed by atoms with Gasteiger partial charge in [-0.2, -0.15) is 23.5 Å². The summed E-state index contributed by atoms with van der Waals surface area (Å²) in [5, 5.41) is 5.30. The van der Waals surface area contributed by atoms with Crippen LogP contribution >= 0.6 is 23.5 Å². The number of methoxy groups -OCH3 is 2. The molecule has 0 spiro atoms. The molecule has 2 unspecified atom stereocenters. The second-order valence-electron chi connectivity index (χ2n) is 6.99. The van der Waals surface area contributed by atoms with Crippen LogP contribution in [0.25, 0.3) is 11.1 Å². The fraction of sp³-hybridized carbons (Fsp3) is 0.348. The minimum Gasteiger partial charge on any atom is -0.467 e. The van der Waals surface area contributed by atoms with Crippen molar-refractivity contribution in [2.45, 2.75) is 12.1 Å². The highest BCUT2D eigenvalue weighted by atomic mass is 32.2. The van der Waals surface area contributed by atoms with Gasteiger partial charge in [-0.05, 0) is 29.7 Å². The maximum absolute atomic E-state index is 13.1. The summed E-state index contributed by atoms with van der Waals surface area (Å²) in [4.78, 5) is 54.1. The minimum absolute atomic E-state index is 0.0269. The van der Waals surface area contributed by atoms with Gasteiger partial charge in [0.15, 0.2) is 0 Å². The fourth-order valence-corrected chi connectivity index (χ4v) is 4.15. The van der Waals surface area contributed by atoms with Crippen molar-refractivity contribution in [1.29, 1.82) is 0 Å². The molecule has 0 aliphatic carbocycles. The van der Waals surface area contributed by atoms with Crippen molar-refractivity contribution in [3.8, 4) is 11.1 Å². The second kappa shape index (κ2) is 13.6. The zero-order valence-electron chi connectivity index (χ0n) is 19.3. The molecule has 1 aromatic heterocycles. The van der Waals surface area contributed by atoms with E-state index in [-0.39, 0.29) is 11.3 Å². The Morgan fingerprint density at radius 1 is 0.882 bits per heavy atom. The first kappa shape index (κ1) is 27.2. The smallest absolute Gasteiger partial charge is 0.329 e. The van der Waals surface area contributed by atoms with Crippen LogP contribution in [0.1, 0.15) is 20.8 Å². The fourth-order valence-electron chi connectivity index (χ4n) is 3.04. The molecule has 2 rings (SSSR count). The van der Waals surface area contributed by atoms with Crippen molar-refractivity contribution in [3.05, 3.63) is 53.9 Å². The van der Waals surface area contributed by atoms with Crippen LogP contribution in [-0.4, -0.2) is 79.1 Å². The van der Waals surface area contributed by atoms with E-state index in [1.807, 2.05) is 12.3 Å². The summed E-state index contributed by atoms with van der Waals surface area (Å²) < 4.78 is 9.53. The van der Waals surface area contributed by atoms with Gasteiger partial charge in [0.1, 0.15) is 17.8 Å². The van der Waals surface area contributed by atoms with Crippen LogP contribution in [0, 0.1) is 0 Å². The van der Waals surface area contributed by atoms with E-state index >= 15 is 0 Å². The topological polar surface area (TPSA) is 124 Å². The summed E-state index contributed by atoms with van der Waals surface area (Å²) in [5.41, 5.74) is 1.34. The number of esters is 2. The molecule has 0 saturated heterocycles. The largest absolute Gasteiger partial charge is 0.467 e. The molecule has 9 nitrogen and oxygen atoms in total. The van der Waals surface area contributed by atoms with E-state index in [1.165, 1.54) is 50.0 Å².